The Morgan fingerprint density at radius 1 is 1.28 bits per heavy atom. The molecule has 3 heteroatoms. The van der Waals surface area contributed by atoms with E-state index in [4.69, 9.17) is 0 Å². The highest BCUT2D eigenvalue weighted by atomic mass is 32.2. The van der Waals surface area contributed by atoms with E-state index in [9.17, 15) is 4.79 Å². The van der Waals surface area contributed by atoms with Gasteiger partial charge in [-0.25, -0.2) is 0 Å². The molecule has 0 unspecified atom stereocenters. The smallest absolute Gasteiger partial charge is 0.235 e. The molecule has 0 N–H and O–H groups in total. The Morgan fingerprint density at radius 2 is 1.89 bits per heavy atom. The number of carbonyl (C=O) groups is 1. The van der Waals surface area contributed by atoms with E-state index in [1.54, 1.807) is 11.8 Å². The lowest BCUT2D eigenvalue weighted by Gasteiger charge is -2.27. The summed E-state index contributed by atoms with van der Waals surface area (Å²) < 4.78 is 0. The lowest BCUT2D eigenvalue weighted by atomic mass is 10.2. The van der Waals surface area contributed by atoms with Crippen LogP contribution in [0.4, 0.5) is 0 Å². The molecule has 0 bridgehead atoms. The van der Waals surface area contributed by atoms with E-state index in [-0.39, 0.29) is 11.2 Å². The molecular formula is C15H21NOS. The lowest BCUT2D eigenvalue weighted by Crippen LogP contribution is -2.39. The van der Waals surface area contributed by atoms with E-state index in [0.717, 1.165) is 4.90 Å². The van der Waals surface area contributed by atoms with Crippen LogP contribution >= 0.6 is 11.8 Å². The van der Waals surface area contributed by atoms with E-state index in [1.165, 1.54) is 25.7 Å². The van der Waals surface area contributed by atoms with E-state index < -0.39 is 0 Å². The molecule has 1 saturated carbocycles. The summed E-state index contributed by atoms with van der Waals surface area (Å²) in [6, 6.07) is 10.6. The Balaban J connectivity index is 1.91. The first-order chi connectivity index (χ1) is 8.68. The first-order valence-corrected chi connectivity index (χ1v) is 7.55. The normalized spacial score (nSPS) is 17.7. The standard InChI is InChI=1S/C15H21NOS/c1-12(18-14-10-4-3-5-11-14)15(17)16(2)13-8-6-7-9-13/h3-5,10-13H,6-9H2,1-2H3/t12-/m0/s1. The van der Waals surface area contributed by atoms with Crippen LogP contribution in [0.2, 0.25) is 0 Å². The summed E-state index contributed by atoms with van der Waals surface area (Å²) in [7, 11) is 1.96. The van der Waals surface area contributed by atoms with Crippen LogP contribution in [0.15, 0.2) is 35.2 Å². The van der Waals surface area contributed by atoms with Gasteiger partial charge in [0.1, 0.15) is 0 Å². The third kappa shape index (κ3) is 3.29. The van der Waals surface area contributed by atoms with Crippen molar-refractivity contribution in [3.8, 4) is 0 Å². The van der Waals surface area contributed by atoms with Crippen LogP contribution < -0.4 is 0 Å². The van der Waals surface area contributed by atoms with Crippen molar-refractivity contribution >= 4 is 17.7 Å². The summed E-state index contributed by atoms with van der Waals surface area (Å²) in [4.78, 5) is 15.5. The molecule has 0 radical (unpaired) electrons. The van der Waals surface area contributed by atoms with Gasteiger partial charge in [0.05, 0.1) is 5.25 Å². The van der Waals surface area contributed by atoms with Crippen molar-refractivity contribution in [3.05, 3.63) is 30.3 Å². The highest BCUT2D eigenvalue weighted by Crippen LogP contribution is 2.27. The zero-order valence-corrected chi connectivity index (χ0v) is 12.0. The van der Waals surface area contributed by atoms with E-state index >= 15 is 0 Å². The third-order valence-electron chi connectivity index (χ3n) is 3.62. The van der Waals surface area contributed by atoms with Crippen molar-refractivity contribution in [3.63, 3.8) is 0 Å². The molecule has 0 spiro atoms. The monoisotopic (exact) mass is 263 g/mol. The van der Waals surface area contributed by atoms with Gasteiger partial charge in [0, 0.05) is 18.0 Å². The molecule has 1 amide bonds. The molecule has 1 aromatic rings. The summed E-state index contributed by atoms with van der Waals surface area (Å²) in [5.74, 6) is 0.260. The van der Waals surface area contributed by atoms with Gasteiger partial charge in [-0.05, 0) is 31.9 Å². The van der Waals surface area contributed by atoms with Crippen molar-refractivity contribution in [1.82, 2.24) is 4.90 Å². The number of thioether (sulfide) groups is 1. The van der Waals surface area contributed by atoms with Crippen molar-refractivity contribution < 1.29 is 4.79 Å². The van der Waals surface area contributed by atoms with Crippen LogP contribution in [0.1, 0.15) is 32.6 Å². The van der Waals surface area contributed by atoms with Gasteiger partial charge in [0.15, 0.2) is 0 Å². The average Bonchev–Trinajstić information content (AvgIpc) is 2.92. The number of hydrogen-bond acceptors (Lipinski definition) is 2. The SMILES string of the molecule is C[C@H](Sc1ccccc1)C(=O)N(C)C1CCCC1. The fourth-order valence-electron chi connectivity index (χ4n) is 2.51. The number of carbonyl (C=O) groups excluding carboxylic acids is 1. The largest absolute Gasteiger partial charge is 0.342 e. The maximum absolute atomic E-state index is 12.3. The summed E-state index contributed by atoms with van der Waals surface area (Å²) in [6.45, 7) is 2.01. The van der Waals surface area contributed by atoms with Crippen molar-refractivity contribution in [2.24, 2.45) is 0 Å². The van der Waals surface area contributed by atoms with Gasteiger partial charge in [0.2, 0.25) is 5.91 Å². The summed E-state index contributed by atoms with van der Waals surface area (Å²) >= 11 is 1.65. The Bertz CT molecular complexity index is 387. The molecule has 1 aromatic carbocycles. The van der Waals surface area contributed by atoms with Gasteiger partial charge >= 0.3 is 0 Å². The predicted molar refractivity (Wildman–Crippen MR) is 76.8 cm³/mol. The zero-order valence-electron chi connectivity index (χ0n) is 11.1. The minimum absolute atomic E-state index is 0.00185. The molecule has 18 heavy (non-hydrogen) atoms. The molecule has 98 valence electrons. The predicted octanol–water partition coefficient (Wildman–Crippen LogP) is 3.57. The first-order valence-electron chi connectivity index (χ1n) is 6.67. The average molecular weight is 263 g/mol. The highest BCUT2D eigenvalue weighted by molar-refractivity contribution is 8.00. The van der Waals surface area contributed by atoms with E-state index in [1.807, 2.05) is 37.1 Å². The molecule has 0 heterocycles. The maximum Gasteiger partial charge on any atom is 0.235 e. The molecule has 0 aromatic heterocycles. The minimum Gasteiger partial charge on any atom is -0.342 e. The summed E-state index contributed by atoms with van der Waals surface area (Å²) in [5, 5.41) is -0.00185. The van der Waals surface area contributed by atoms with Gasteiger partial charge in [-0.2, -0.15) is 0 Å². The molecule has 0 saturated heterocycles. The number of rotatable bonds is 4. The molecule has 0 aliphatic heterocycles. The minimum atomic E-state index is -0.00185. The third-order valence-corrected chi connectivity index (χ3v) is 4.72. The van der Waals surface area contributed by atoms with E-state index in [2.05, 4.69) is 12.1 Å². The first kappa shape index (κ1) is 13.5. The lowest BCUT2D eigenvalue weighted by molar-refractivity contribution is -0.130. The second kappa shape index (κ2) is 6.28. The summed E-state index contributed by atoms with van der Waals surface area (Å²) in [5.41, 5.74) is 0. The topological polar surface area (TPSA) is 20.3 Å². The van der Waals surface area contributed by atoms with Crippen molar-refractivity contribution in [1.29, 1.82) is 0 Å². The van der Waals surface area contributed by atoms with Gasteiger partial charge in [-0.3, -0.25) is 4.79 Å². The number of amides is 1. The molecule has 2 rings (SSSR count). The fraction of sp³-hybridized carbons (Fsp3) is 0.533. The Morgan fingerprint density at radius 3 is 2.50 bits per heavy atom. The molecule has 1 aliphatic rings. The van der Waals surface area contributed by atoms with Gasteiger partial charge < -0.3 is 4.90 Å². The van der Waals surface area contributed by atoms with E-state index in [0.29, 0.717) is 6.04 Å². The van der Waals surface area contributed by atoms with Crippen LogP contribution in [0.25, 0.3) is 0 Å². The molecule has 1 fully saturated rings. The number of benzene rings is 1. The van der Waals surface area contributed by atoms with Crippen LogP contribution in [0.3, 0.4) is 0 Å². The van der Waals surface area contributed by atoms with Crippen molar-refractivity contribution in [2.75, 3.05) is 7.05 Å². The molecule has 1 atom stereocenters. The van der Waals surface area contributed by atoms with Crippen LogP contribution in [0.5, 0.6) is 0 Å². The fourth-order valence-corrected chi connectivity index (χ4v) is 3.50. The quantitative estimate of drug-likeness (QED) is 0.774. The van der Waals surface area contributed by atoms with Crippen LogP contribution in [0, 0.1) is 0 Å². The van der Waals surface area contributed by atoms with Gasteiger partial charge in [-0.15, -0.1) is 11.8 Å². The maximum atomic E-state index is 12.3. The number of nitrogens with zero attached hydrogens (tertiary/aromatic N) is 1. The highest BCUT2D eigenvalue weighted by Gasteiger charge is 2.26. The van der Waals surface area contributed by atoms with Gasteiger partial charge in [-0.1, -0.05) is 31.0 Å². The Labute approximate surface area is 114 Å². The molecular weight excluding hydrogens is 242 g/mol. The Kier molecular flexibility index (Phi) is 4.70. The number of hydrogen-bond donors (Lipinski definition) is 0. The van der Waals surface area contributed by atoms with Crippen molar-refractivity contribution in [2.45, 2.75) is 48.8 Å². The Hall–Kier alpha value is -0.960. The summed E-state index contributed by atoms with van der Waals surface area (Å²) in [6.07, 6.45) is 4.88. The molecule has 1 aliphatic carbocycles. The zero-order chi connectivity index (χ0) is 13.0. The van der Waals surface area contributed by atoms with Crippen LogP contribution in [-0.4, -0.2) is 29.1 Å². The van der Waals surface area contributed by atoms with Gasteiger partial charge in [0.25, 0.3) is 0 Å². The molecule has 2 nitrogen and oxygen atoms in total. The second-order valence-electron chi connectivity index (χ2n) is 4.96. The second-order valence-corrected chi connectivity index (χ2v) is 6.37. The van der Waals surface area contributed by atoms with Crippen LogP contribution in [-0.2, 0) is 4.79 Å².